The van der Waals surface area contributed by atoms with Crippen LogP contribution in [0.25, 0.3) is 0 Å². The summed E-state index contributed by atoms with van der Waals surface area (Å²) in [6, 6.07) is 9.65. The molecule has 2 rings (SSSR count). The second-order valence-electron chi connectivity index (χ2n) is 5.06. The van der Waals surface area contributed by atoms with Crippen LogP contribution >= 0.6 is 31.9 Å². The molecule has 0 saturated heterocycles. The van der Waals surface area contributed by atoms with Crippen LogP contribution in [0.5, 0.6) is 5.75 Å². The Balaban J connectivity index is 2.16. The van der Waals surface area contributed by atoms with E-state index in [1.807, 2.05) is 51.1 Å². The predicted molar refractivity (Wildman–Crippen MR) is 92.3 cm³/mol. The van der Waals surface area contributed by atoms with Crippen molar-refractivity contribution in [2.75, 3.05) is 6.61 Å². The van der Waals surface area contributed by atoms with Gasteiger partial charge >= 0.3 is 0 Å². The van der Waals surface area contributed by atoms with E-state index >= 15 is 0 Å². The molecule has 0 N–H and O–H groups in total. The van der Waals surface area contributed by atoms with Gasteiger partial charge in [0, 0.05) is 10.0 Å². The maximum atomic E-state index is 12.4. The molecule has 0 radical (unpaired) electrons. The molecule has 0 unspecified atom stereocenters. The van der Waals surface area contributed by atoms with Crippen molar-refractivity contribution in [1.29, 1.82) is 0 Å². The molecule has 0 aliphatic carbocycles. The molecular weight excluding hydrogens is 396 g/mol. The first-order valence-electron chi connectivity index (χ1n) is 6.57. The van der Waals surface area contributed by atoms with Crippen molar-refractivity contribution in [1.82, 2.24) is 0 Å². The van der Waals surface area contributed by atoms with E-state index in [1.54, 1.807) is 0 Å². The third-order valence-corrected chi connectivity index (χ3v) is 4.32. The Morgan fingerprint density at radius 1 is 1.05 bits per heavy atom. The van der Waals surface area contributed by atoms with Gasteiger partial charge in [-0.15, -0.1) is 0 Å². The summed E-state index contributed by atoms with van der Waals surface area (Å²) in [5.41, 5.74) is 3.92. The van der Waals surface area contributed by atoms with E-state index < -0.39 is 0 Å². The zero-order valence-electron chi connectivity index (χ0n) is 12.2. The summed E-state index contributed by atoms with van der Waals surface area (Å²) < 4.78 is 7.41. The molecule has 0 bridgehead atoms. The Kier molecular flexibility index (Phi) is 5.22. The summed E-state index contributed by atoms with van der Waals surface area (Å²) in [7, 11) is 0. The van der Waals surface area contributed by atoms with Gasteiger partial charge in [0.2, 0.25) is 5.78 Å². The number of ketones is 1. The molecular formula is C17H16Br2O2. The van der Waals surface area contributed by atoms with Crippen LogP contribution in [0, 0.1) is 20.8 Å². The molecule has 110 valence electrons. The standard InChI is InChI=1S/C17H16Br2O2/c1-10-6-11(2)17(12(3)7-10)15(20)9-21-16-5-4-13(18)8-14(16)19/h4-8H,9H2,1-3H3. The molecule has 2 nitrogen and oxygen atoms in total. The average Bonchev–Trinajstić information content (AvgIpc) is 2.36. The first kappa shape index (κ1) is 16.2. The summed E-state index contributed by atoms with van der Waals surface area (Å²) in [5.74, 6) is 0.661. The van der Waals surface area contributed by atoms with E-state index in [2.05, 4.69) is 31.9 Å². The second-order valence-corrected chi connectivity index (χ2v) is 6.83. The van der Waals surface area contributed by atoms with Gasteiger partial charge in [-0.05, 0) is 66.0 Å². The van der Waals surface area contributed by atoms with Crippen molar-refractivity contribution < 1.29 is 9.53 Å². The normalized spacial score (nSPS) is 10.5. The van der Waals surface area contributed by atoms with Crippen LogP contribution in [0.4, 0.5) is 0 Å². The quantitative estimate of drug-likeness (QED) is 0.629. The number of benzene rings is 2. The average molecular weight is 412 g/mol. The molecule has 0 amide bonds. The lowest BCUT2D eigenvalue weighted by Gasteiger charge is -2.12. The highest BCUT2D eigenvalue weighted by atomic mass is 79.9. The summed E-state index contributed by atoms with van der Waals surface area (Å²) in [4.78, 5) is 12.4. The number of ether oxygens (including phenoxy) is 1. The molecule has 21 heavy (non-hydrogen) atoms. The molecule has 0 aromatic heterocycles. The number of carbonyl (C=O) groups excluding carboxylic acids is 1. The molecule has 2 aromatic carbocycles. The summed E-state index contributed by atoms with van der Waals surface area (Å²) in [5, 5.41) is 0. The SMILES string of the molecule is Cc1cc(C)c(C(=O)COc2ccc(Br)cc2Br)c(C)c1. The van der Waals surface area contributed by atoms with Crippen molar-refractivity contribution in [3.63, 3.8) is 0 Å². The minimum absolute atomic E-state index is 0.000168. The Morgan fingerprint density at radius 2 is 1.67 bits per heavy atom. The van der Waals surface area contributed by atoms with Gasteiger partial charge < -0.3 is 4.74 Å². The number of hydrogen-bond donors (Lipinski definition) is 0. The Labute approximate surface area is 141 Å². The van der Waals surface area contributed by atoms with E-state index in [9.17, 15) is 4.79 Å². The van der Waals surface area contributed by atoms with Gasteiger partial charge in [-0.2, -0.15) is 0 Å². The Bertz CT molecular complexity index is 670. The summed E-state index contributed by atoms with van der Waals surface area (Å²) >= 11 is 6.81. The van der Waals surface area contributed by atoms with Crippen LogP contribution in [-0.2, 0) is 0 Å². The van der Waals surface area contributed by atoms with Crippen LogP contribution in [0.15, 0.2) is 39.3 Å². The number of hydrogen-bond acceptors (Lipinski definition) is 2. The topological polar surface area (TPSA) is 26.3 Å². The maximum absolute atomic E-state index is 12.4. The molecule has 0 heterocycles. The van der Waals surface area contributed by atoms with Gasteiger partial charge in [0.05, 0.1) is 4.47 Å². The summed E-state index contributed by atoms with van der Waals surface area (Å²) in [6.45, 7) is 5.99. The lowest BCUT2D eigenvalue weighted by Crippen LogP contribution is -2.14. The van der Waals surface area contributed by atoms with Gasteiger partial charge in [0.15, 0.2) is 6.61 Å². The van der Waals surface area contributed by atoms with Crippen LogP contribution in [0.1, 0.15) is 27.0 Å². The minimum Gasteiger partial charge on any atom is -0.484 e. The number of aryl methyl sites for hydroxylation is 3. The molecule has 0 aliphatic heterocycles. The highest BCUT2D eigenvalue weighted by molar-refractivity contribution is 9.11. The van der Waals surface area contributed by atoms with Crippen LogP contribution in [0.2, 0.25) is 0 Å². The molecule has 0 atom stereocenters. The zero-order valence-corrected chi connectivity index (χ0v) is 15.3. The molecule has 2 aromatic rings. The van der Waals surface area contributed by atoms with Crippen molar-refractivity contribution in [2.45, 2.75) is 20.8 Å². The molecule has 0 fully saturated rings. The van der Waals surface area contributed by atoms with E-state index in [1.165, 1.54) is 0 Å². The highest BCUT2D eigenvalue weighted by Gasteiger charge is 2.14. The Morgan fingerprint density at radius 3 is 2.24 bits per heavy atom. The Hall–Kier alpha value is -1.13. The fourth-order valence-corrected chi connectivity index (χ4v) is 3.59. The molecule has 0 spiro atoms. The summed E-state index contributed by atoms with van der Waals surface area (Å²) in [6.07, 6.45) is 0. The van der Waals surface area contributed by atoms with Crippen LogP contribution < -0.4 is 4.74 Å². The van der Waals surface area contributed by atoms with E-state index in [4.69, 9.17) is 4.74 Å². The van der Waals surface area contributed by atoms with Crippen LogP contribution in [-0.4, -0.2) is 12.4 Å². The fraction of sp³-hybridized carbons (Fsp3) is 0.235. The van der Waals surface area contributed by atoms with Crippen LogP contribution in [0.3, 0.4) is 0 Å². The van der Waals surface area contributed by atoms with Crippen molar-refractivity contribution in [3.8, 4) is 5.75 Å². The molecule has 4 heteroatoms. The van der Waals surface area contributed by atoms with Crippen molar-refractivity contribution in [3.05, 3.63) is 61.5 Å². The third-order valence-electron chi connectivity index (χ3n) is 3.21. The van der Waals surface area contributed by atoms with Gasteiger partial charge in [-0.1, -0.05) is 33.6 Å². The smallest absolute Gasteiger partial charge is 0.200 e. The molecule has 0 saturated carbocycles. The monoisotopic (exact) mass is 410 g/mol. The van der Waals surface area contributed by atoms with Crippen molar-refractivity contribution >= 4 is 37.6 Å². The fourth-order valence-electron chi connectivity index (χ4n) is 2.43. The number of carbonyl (C=O) groups is 1. The second kappa shape index (κ2) is 6.75. The predicted octanol–water partition coefficient (Wildman–Crippen LogP) is 5.40. The maximum Gasteiger partial charge on any atom is 0.200 e. The largest absolute Gasteiger partial charge is 0.484 e. The first-order valence-corrected chi connectivity index (χ1v) is 8.16. The number of Topliss-reactive ketones (excluding diaryl/α,β-unsaturated/α-hetero) is 1. The van der Waals surface area contributed by atoms with Crippen molar-refractivity contribution in [2.24, 2.45) is 0 Å². The minimum atomic E-state index is -0.000168. The van der Waals surface area contributed by atoms with Gasteiger partial charge in [-0.3, -0.25) is 4.79 Å². The number of halogens is 2. The lowest BCUT2D eigenvalue weighted by molar-refractivity contribution is 0.0919. The first-order chi connectivity index (χ1) is 9.88. The van der Waals surface area contributed by atoms with E-state index in [0.29, 0.717) is 5.75 Å². The van der Waals surface area contributed by atoms with Gasteiger partial charge in [0.1, 0.15) is 5.75 Å². The van der Waals surface area contributed by atoms with Gasteiger partial charge in [-0.25, -0.2) is 0 Å². The third kappa shape index (κ3) is 3.95. The van der Waals surface area contributed by atoms with E-state index in [0.717, 1.165) is 31.2 Å². The zero-order chi connectivity index (χ0) is 15.6. The molecule has 0 aliphatic rings. The highest BCUT2D eigenvalue weighted by Crippen LogP contribution is 2.28. The van der Waals surface area contributed by atoms with Gasteiger partial charge in [0.25, 0.3) is 0 Å². The lowest BCUT2D eigenvalue weighted by atomic mass is 9.97. The van der Waals surface area contributed by atoms with E-state index in [-0.39, 0.29) is 12.4 Å². The number of rotatable bonds is 4.